The molecule has 2 aliphatic heterocycles. The highest BCUT2D eigenvalue weighted by molar-refractivity contribution is 7.92. The largest absolute Gasteiger partial charge is 0.376 e. The molecule has 0 aromatic carbocycles. The SMILES string of the molecule is CC(OCC1CCCCO1)C(=O)N1CCc2nc(NS(C)(=O)=O)sc2C1. The van der Waals surface area contributed by atoms with Gasteiger partial charge in [-0.05, 0) is 26.2 Å². The topological polar surface area (TPSA) is 97.8 Å². The molecule has 1 fully saturated rings. The molecule has 1 N–H and O–H groups in total. The molecule has 1 amide bonds. The Morgan fingerprint density at radius 2 is 2.31 bits per heavy atom. The van der Waals surface area contributed by atoms with E-state index in [1.165, 1.54) is 11.3 Å². The molecule has 0 saturated carbocycles. The minimum Gasteiger partial charge on any atom is -0.376 e. The lowest BCUT2D eigenvalue weighted by atomic mass is 10.1. The minimum absolute atomic E-state index is 0.0579. The highest BCUT2D eigenvalue weighted by Gasteiger charge is 2.28. The number of nitrogens with one attached hydrogen (secondary N) is 1. The van der Waals surface area contributed by atoms with Crippen LogP contribution in [0.5, 0.6) is 0 Å². The molecule has 10 heteroatoms. The third-order valence-corrected chi connectivity index (χ3v) is 6.16. The number of ether oxygens (including phenoxy) is 2. The van der Waals surface area contributed by atoms with Gasteiger partial charge < -0.3 is 14.4 Å². The van der Waals surface area contributed by atoms with E-state index >= 15 is 0 Å². The fourth-order valence-electron chi connectivity index (χ4n) is 3.10. The summed E-state index contributed by atoms with van der Waals surface area (Å²) in [5.74, 6) is -0.0579. The van der Waals surface area contributed by atoms with Gasteiger partial charge in [-0.3, -0.25) is 9.52 Å². The standard InChI is InChI=1S/C16H25N3O5S2/c1-11(24-10-12-5-3-4-8-23-12)15(20)19-7-6-13-14(9-19)25-16(17-13)18-26(2,21)22/h11-12H,3-10H2,1-2H3,(H,17,18). The number of carbonyl (C=O) groups excluding carboxylic acids is 1. The van der Waals surface area contributed by atoms with E-state index in [1.54, 1.807) is 11.8 Å². The second kappa shape index (κ2) is 8.20. The van der Waals surface area contributed by atoms with Gasteiger partial charge in [0.2, 0.25) is 10.0 Å². The summed E-state index contributed by atoms with van der Waals surface area (Å²) in [6, 6.07) is 0. The van der Waals surface area contributed by atoms with Crippen molar-refractivity contribution in [2.45, 2.75) is 51.4 Å². The molecule has 8 nitrogen and oxygen atoms in total. The maximum absolute atomic E-state index is 12.6. The van der Waals surface area contributed by atoms with Crippen molar-refractivity contribution in [2.75, 3.05) is 30.7 Å². The van der Waals surface area contributed by atoms with E-state index in [9.17, 15) is 13.2 Å². The smallest absolute Gasteiger partial charge is 0.251 e. The molecule has 1 aromatic heterocycles. The summed E-state index contributed by atoms with van der Waals surface area (Å²) in [6.45, 7) is 3.96. The van der Waals surface area contributed by atoms with Crippen LogP contribution in [0.4, 0.5) is 5.13 Å². The highest BCUT2D eigenvalue weighted by atomic mass is 32.2. The first kappa shape index (κ1) is 19.5. The van der Waals surface area contributed by atoms with E-state index < -0.39 is 16.1 Å². The van der Waals surface area contributed by atoms with Crippen molar-refractivity contribution in [2.24, 2.45) is 0 Å². The van der Waals surface area contributed by atoms with Crippen LogP contribution in [0.15, 0.2) is 0 Å². The van der Waals surface area contributed by atoms with Crippen molar-refractivity contribution >= 4 is 32.4 Å². The van der Waals surface area contributed by atoms with Gasteiger partial charge in [-0.2, -0.15) is 0 Å². The Bertz CT molecular complexity index is 743. The van der Waals surface area contributed by atoms with Crippen molar-refractivity contribution in [3.8, 4) is 0 Å². The van der Waals surface area contributed by atoms with E-state index in [-0.39, 0.29) is 12.0 Å². The number of amides is 1. The first-order chi connectivity index (χ1) is 12.3. The number of rotatable bonds is 6. The molecule has 0 spiro atoms. The minimum atomic E-state index is -3.35. The van der Waals surface area contributed by atoms with E-state index in [1.807, 2.05) is 0 Å². The summed E-state index contributed by atoms with van der Waals surface area (Å²) in [5.41, 5.74) is 0.856. The lowest BCUT2D eigenvalue weighted by Crippen LogP contribution is -2.42. The Morgan fingerprint density at radius 3 is 3.00 bits per heavy atom. The van der Waals surface area contributed by atoms with Crippen LogP contribution in [0.3, 0.4) is 0 Å². The second-order valence-corrected chi connectivity index (χ2v) is 9.57. The van der Waals surface area contributed by atoms with Crippen molar-refractivity contribution < 1.29 is 22.7 Å². The average Bonchev–Trinajstić information content (AvgIpc) is 2.99. The van der Waals surface area contributed by atoms with Crippen molar-refractivity contribution in [3.05, 3.63) is 10.6 Å². The Balaban J connectivity index is 1.54. The summed E-state index contributed by atoms with van der Waals surface area (Å²) in [4.78, 5) is 19.6. The maximum Gasteiger partial charge on any atom is 0.251 e. The number of sulfonamides is 1. The zero-order chi connectivity index (χ0) is 18.7. The predicted molar refractivity (Wildman–Crippen MR) is 98.7 cm³/mol. The first-order valence-electron chi connectivity index (χ1n) is 8.80. The molecule has 2 aliphatic rings. The van der Waals surface area contributed by atoms with Gasteiger partial charge in [-0.25, -0.2) is 13.4 Å². The van der Waals surface area contributed by atoms with Crippen molar-refractivity contribution in [1.29, 1.82) is 0 Å². The van der Waals surface area contributed by atoms with Gasteiger partial charge in [0.15, 0.2) is 5.13 Å². The Labute approximate surface area is 157 Å². The number of anilines is 1. The first-order valence-corrected chi connectivity index (χ1v) is 11.5. The molecular formula is C16H25N3O5S2. The molecule has 0 bridgehead atoms. The van der Waals surface area contributed by atoms with Crippen LogP contribution in [-0.4, -0.2) is 62.4 Å². The van der Waals surface area contributed by atoms with Crippen LogP contribution < -0.4 is 4.72 Å². The Hall–Kier alpha value is -1.23. The van der Waals surface area contributed by atoms with Gasteiger partial charge in [0.25, 0.3) is 5.91 Å². The van der Waals surface area contributed by atoms with Gasteiger partial charge in [0, 0.05) is 24.4 Å². The molecule has 2 unspecified atom stereocenters. The molecule has 0 aliphatic carbocycles. The van der Waals surface area contributed by atoms with Crippen molar-refractivity contribution in [3.63, 3.8) is 0 Å². The zero-order valence-corrected chi connectivity index (χ0v) is 16.7. The quantitative estimate of drug-likeness (QED) is 0.770. The highest BCUT2D eigenvalue weighted by Crippen LogP contribution is 2.29. The van der Waals surface area contributed by atoms with Crippen LogP contribution in [0, 0.1) is 0 Å². The average molecular weight is 404 g/mol. The number of fused-ring (bicyclic) bond motifs is 1. The van der Waals surface area contributed by atoms with E-state index in [0.717, 1.165) is 42.7 Å². The number of nitrogens with zero attached hydrogens (tertiary/aromatic N) is 2. The monoisotopic (exact) mass is 403 g/mol. The Morgan fingerprint density at radius 1 is 1.50 bits per heavy atom. The van der Waals surface area contributed by atoms with Crippen LogP contribution >= 0.6 is 11.3 Å². The molecule has 26 heavy (non-hydrogen) atoms. The van der Waals surface area contributed by atoms with Crippen LogP contribution in [0.2, 0.25) is 0 Å². The van der Waals surface area contributed by atoms with E-state index in [2.05, 4.69) is 9.71 Å². The molecular weight excluding hydrogens is 378 g/mol. The molecule has 146 valence electrons. The number of carbonyl (C=O) groups is 1. The Kier molecular flexibility index (Phi) is 6.16. The van der Waals surface area contributed by atoms with Gasteiger partial charge >= 0.3 is 0 Å². The lowest BCUT2D eigenvalue weighted by molar-refractivity contribution is -0.147. The third kappa shape index (κ3) is 5.15. The summed E-state index contributed by atoms with van der Waals surface area (Å²) in [7, 11) is -3.35. The predicted octanol–water partition coefficient (Wildman–Crippen LogP) is 1.37. The summed E-state index contributed by atoms with van der Waals surface area (Å²) in [6.07, 6.45) is 4.47. The summed E-state index contributed by atoms with van der Waals surface area (Å²) < 4.78 is 36.4. The summed E-state index contributed by atoms with van der Waals surface area (Å²) >= 11 is 1.28. The normalized spacial score (nSPS) is 21.9. The zero-order valence-electron chi connectivity index (χ0n) is 15.1. The second-order valence-electron chi connectivity index (χ2n) is 6.74. The molecule has 0 radical (unpaired) electrons. The van der Waals surface area contributed by atoms with Gasteiger partial charge in [-0.1, -0.05) is 11.3 Å². The fraction of sp³-hybridized carbons (Fsp3) is 0.750. The van der Waals surface area contributed by atoms with Crippen LogP contribution in [0.25, 0.3) is 0 Å². The molecule has 1 saturated heterocycles. The number of aromatic nitrogens is 1. The van der Waals surface area contributed by atoms with Crippen LogP contribution in [0.1, 0.15) is 36.8 Å². The molecule has 3 rings (SSSR count). The number of hydrogen-bond donors (Lipinski definition) is 1. The third-order valence-electron chi connectivity index (χ3n) is 4.47. The molecule has 2 atom stereocenters. The van der Waals surface area contributed by atoms with E-state index in [4.69, 9.17) is 9.47 Å². The molecule has 3 heterocycles. The summed E-state index contributed by atoms with van der Waals surface area (Å²) in [5, 5.41) is 0.352. The lowest BCUT2D eigenvalue weighted by Gasteiger charge is -2.29. The fourth-order valence-corrected chi connectivity index (χ4v) is 4.96. The molecule has 1 aromatic rings. The van der Waals surface area contributed by atoms with E-state index in [0.29, 0.717) is 31.2 Å². The van der Waals surface area contributed by atoms with Crippen LogP contribution in [-0.2, 0) is 37.3 Å². The van der Waals surface area contributed by atoms with Gasteiger partial charge in [-0.15, -0.1) is 0 Å². The van der Waals surface area contributed by atoms with Gasteiger partial charge in [0.1, 0.15) is 6.10 Å². The number of thiazole rings is 1. The maximum atomic E-state index is 12.6. The number of hydrogen-bond acceptors (Lipinski definition) is 7. The van der Waals surface area contributed by atoms with Crippen molar-refractivity contribution in [1.82, 2.24) is 9.88 Å². The van der Waals surface area contributed by atoms with Gasteiger partial charge in [0.05, 0.1) is 31.2 Å².